The van der Waals surface area contributed by atoms with Crippen LogP contribution in [0.25, 0.3) is 11.3 Å². The molecule has 0 bridgehead atoms. The van der Waals surface area contributed by atoms with Gasteiger partial charge >= 0.3 is 0 Å². The highest BCUT2D eigenvalue weighted by Gasteiger charge is 2.39. The second-order valence-electron chi connectivity index (χ2n) is 6.57. The summed E-state index contributed by atoms with van der Waals surface area (Å²) in [5.41, 5.74) is 2.83. The minimum atomic E-state index is -0.933. The first-order valence-corrected chi connectivity index (χ1v) is 9.75. The number of aliphatic hydroxyl groups excluding tert-OH is 1. The van der Waals surface area contributed by atoms with E-state index in [1.54, 1.807) is 49.2 Å². The monoisotopic (exact) mass is 421 g/mol. The van der Waals surface area contributed by atoms with E-state index in [0.29, 0.717) is 21.3 Å². The Morgan fingerprint density at radius 2 is 1.48 bits per heavy atom. The highest BCUT2D eigenvalue weighted by molar-refractivity contribution is 6.35. The molecule has 3 aromatic heterocycles. The Morgan fingerprint density at radius 1 is 0.828 bits per heavy atom. The molecule has 3 heterocycles. The summed E-state index contributed by atoms with van der Waals surface area (Å²) < 4.78 is 0. The third-order valence-electron chi connectivity index (χ3n) is 5.00. The normalized spacial score (nSPS) is 11.4. The summed E-state index contributed by atoms with van der Waals surface area (Å²) in [4.78, 5) is 13.2. The Labute approximate surface area is 178 Å². The number of benzene rings is 1. The average molecular weight is 422 g/mol. The van der Waals surface area contributed by atoms with Gasteiger partial charge < -0.3 is 5.11 Å². The Kier molecular flexibility index (Phi) is 5.58. The van der Waals surface area contributed by atoms with E-state index in [0.717, 1.165) is 16.7 Å². The molecule has 1 aromatic carbocycles. The third-order valence-corrected chi connectivity index (χ3v) is 5.56. The van der Waals surface area contributed by atoms with Crippen molar-refractivity contribution in [2.75, 3.05) is 6.61 Å². The number of aromatic nitrogens is 3. The molecule has 4 aromatic rings. The van der Waals surface area contributed by atoms with Crippen LogP contribution in [0.5, 0.6) is 0 Å². The van der Waals surface area contributed by atoms with Crippen LogP contribution in [0.2, 0.25) is 10.0 Å². The molecule has 0 saturated carbocycles. The smallest absolute Gasteiger partial charge is 0.0762 e. The first kappa shape index (κ1) is 19.5. The number of halogens is 2. The lowest BCUT2D eigenvalue weighted by atomic mass is 9.70. The van der Waals surface area contributed by atoms with Gasteiger partial charge in [0, 0.05) is 41.6 Å². The Balaban J connectivity index is 2.07. The quantitative estimate of drug-likeness (QED) is 0.482. The molecule has 6 heteroatoms. The molecule has 4 rings (SSSR count). The van der Waals surface area contributed by atoms with Crippen molar-refractivity contribution in [3.8, 4) is 11.3 Å². The molecule has 0 aliphatic carbocycles. The summed E-state index contributed by atoms with van der Waals surface area (Å²) in [5, 5.41) is 11.9. The Hall–Kier alpha value is -2.79. The number of hydrogen-bond donors (Lipinski definition) is 1. The predicted octanol–water partition coefficient (Wildman–Crippen LogP) is 5.17. The van der Waals surface area contributed by atoms with Gasteiger partial charge in [0.05, 0.1) is 22.7 Å². The van der Waals surface area contributed by atoms with Crippen LogP contribution in [0.3, 0.4) is 0 Å². The molecule has 0 aliphatic heterocycles. The van der Waals surface area contributed by atoms with Gasteiger partial charge in [-0.2, -0.15) is 0 Å². The highest BCUT2D eigenvalue weighted by atomic mass is 35.5. The van der Waals surface area contributed by atoms with Gasteiger partial charge in [-0.1, -0.05) is 41.4 Å². The first-order chi connectivity index (χ1) is 14.2. The molecule has 0 aliphatic rings. The van der Waals surface area contributed by atoms with Crippen LogP contribution in [-0.2, 0) is 5.41 Å². The van der Waals surface area contributed by atoms with Crippen molar-refractivity contribution in [3.63, 3.8) is 0 Å². The molecule has 29 heavy (non-hydrogen) atoms. The van der Waals surface area contributed by atoms with Gasteiger partial charge in [-0.05, 0) is 53.1 Å². The maximum atomic E-state index is 10.8. The van der Waals surface area contributed by atoms with Gasteiger partial charge in [-0.3, -0.25) is 15.0 Å². The van der Waals surface area contributed by atoms with Crippen LogP contribution < -0.4 is 0 Å². The van der Waals surface area contributed by atoms with Crippen molar-refractivity contribution in [1.29, 1.82) is 0 Å². The molecule has 0 fully saturated rings. The lowest BCUT2D eigenvalue weighted by Crippen LogP contribution is -2.34. The molecule has 144 valence electrons. The maximum Gasteiger partial charge on any atom is 0.0762 e. The molecule has 0 radical (unpaired) electrons. The van der Waals surface area contributed by atoms with Crippen molar-refractivity contribution >= 4 is 23.2 Å². The summed E-state index contributed by atoms with van der Waals surface area (Å²) in [6, 6.07) is 16.6. The van der Waals surface area contributed by atoms with Gasteiger partial charge in [0.1, 0.15) is 0 Å². The van der Waals surface area contributed by atoms with Crippen LogP contribution in [-0.4, -0.2) is 26.7 Å². The molecular weight excluding hydrogens is 405 g/mol. The summed E-state index contributed by atoms with van der Waals surface area (Å²) >= 11 is 12.7. The van der Waals surface area contributed by atoms with Crippen LogP contribution in [0.4, 0.5) is 0 Å². The van der Waals surface area contributed by atoms with Crippen LogP contribution in [0.1, 0.15) is 16.7 Å². The van der Waals surface area contributed by atoms with E-state index in [4.69, 9.17) is 23.2 Å². The summed E-state index contributed by atoms with van der Waals surface area (Å²) in [6.45, 7) is -0.207. The van der Waals surface area contributed by atoms with E-state index in [2.05, 4.69) is 15.0 Å². The SMILES string of the molecule is OCC(c1cccnc1)(c1cccnc1)c1cccnc1-c1cc(Cl)ccc1Cl. The van der Waals surface area contributed by atoms with E-state index < -0.39 is 5.41 Å². The molecule has 4 nitrogen and oxygen atoms in total. The number of aliphatic hydroxyl groups is 1. The Bertz CT molecular complexity index is 1080. The second-order valence-corrected chi connectivity index (χ2v) is 7.41. The van der Waals surface area contributed by atoms with Gasteiger partial charge in [0.25, 0.3) is 0 Å². The van der Waals surface area contributed by atoms with Crippen LogP contribution >= 0.6 is 23.2 Å². The number of nitrogens with zero attached hydrogens (tertiary/aromatic N) is 3. The van der Waals surface area contributed by atoms with Crippen LogP contribution in [0.15, 0.2) is 85.6 Å². The van der Waals surface area contributed by atoms with Crippen molar-refractivity contribution < 1.29 is 5.11 Å². The van der Waals surface area contributed by atoms with E-state index in [1.165, 1.54) is 0 Å². The number of rotatable bonds is 5. The van der Waals surface area contributed by atoms with Gasteiger partial charge in [0.15, 0.2) is 0 Å². The van der Waals surface area contributed by atoms with Gasteiger partial charge in [-0.25, -0.2) is 0 Å². The summed E-state index contributed by atoms with van der Waals surface area (Å²) in [5.74, 6) is 0. The van der Waals surface area contributed by atoms with Gasteiger partial charge in [0.2, 0.25) is 0 Å². The first-order valence-electron chi connectivity index (χ1n) is 8.99. The zero-order valence-electron chi connectivity index (χ0n) is 15.3. The lowest BCUT2D eigenvalue weighted by molar-refractivity contribution is 0.242. The number of pyridine rings is 3. The minimum Gasteiger partial charge on any atom is -0.395 e. The molecule has 0 unspecified atom stereocenters. The third kappa shape index (κ3) is 3.51. The fourth-order valence-corrected chi connectivity index (χ4v) is 4.00. The van der Waals surface area contributed by atoms with Crippen molar-refractivity contribution in [2.24, 2.45) is 0 Å². The van der Waals surface area contributed by atoms with E-state index >= 15 is 0 Å². The Morgan fingerprint density at radius 3 is 2.07 bits per heavy atom. The maximum absolute atomic E-state index is 10.8. The van der Waals surface area contributed by atoms with Crippen molar-refractivity contribution in [2.45, 2.75) is 5.41 Å². The second kappa shape index (κ2) is 8.29. The fraction of sp³-hybridized carbons (Fsp3) is 0.0870. The molecule has 1 N–H and O–H groups in total. The minimum absolute atomic E-state index is 0.207. The summed E-state index contributed by atoms with van der Waals surface area (Å²) in [7, 11) is 0. The van der Waals surface area contributed by atoms with Crippen molar-refractivity contribution in [3.05, 3.63) is 112 Å². The lowest BCUT2D eigenvalue weighted by Gasteiger charge is -2.34. The molecule has 0 atom stereocenters. The topological polar surface area (TPSA) is 58.9 Å². The van der Waals surface area contributed by atoms with E-state index in [-0.39, 0.29) is 6.61 Å². The standard InChI is InChI=1S/C23H17Cl2N3O/c24-18-7-8-21(25)19(12-18)22-20(6-3-11-28-22)23(15-29,16-4-1-9-26-13-16)17-5-2-10-27-14-17/h1-14,29H,15H2. The molecule has 0 amide bonds. The molecular formula is C23H17Cl2N3O. The van der Waals surface area contributed by atoms with Gasteiger partial charge in [-0.15, -0.1) is 0 Å². The molecule has 0 saturated heterocycles. The van der Waals surface area contributed by atoms with E-state index in [1.807, 2.05) is 36.4 Å². The van der Waals surface area contributed by atoms with E-state index in [9.17, 15) is 5.11 Å². The zero-order valence-corrected chi connectivity index (χ0v) is 16.8. The molecule has 0 spiro atoms. The van der Waals surface area contributed by atoms with Crippen LogP contribution in [0, 0.1) is 0 Å². The average Bonchev–Trinajstić information content (AvgIpc) is 2.78. The van der Waals surface area contributed by atoms with Crippen molar-refractivity contribution in [1.82, 2.24) is 15.0 Å². The zero-order chi connectivity index (χ0) is 20.3. The predicted molar refractivity (Wildman–Crippen MR) is 115 cm³/mol. The summed E-state index contributed by atoms with van der Waals surface area (Å²) in [6.07, 6.45) is 8.60. The largest absolute Gasteiger partial charge is 0.395 e. The highest BCUT2D eigenvalue weighted by Crippen LogP contribution is 2.43. The fourth-order valence-electron chi connectivity index (χ4n) is 3.62. The number of hydrogen-bond acceptors (Lipinski definition) is 4.